The summed E-state index contributed by atoms with van der Waals surface area (Å²) >= 11 is 0. The molecule has 0 atom stereocenters. The maximum atomic E-state index is 12.9. The molecule has 3 nitrogen and oxygen atoms in total. The molecule has 146 valence electrons. The summed E-state index contributed by atoms with van der Waals surface area (Å²) in [5.74, 6) is 1.99. The highest BCUT2D eigenvalue weighted by Gasteiger charge is 2.51. The minimum atomic E-state index is -2.50. The first-order chi connectivity index (χ1) is 13.1. The second kappa shape index (κ2) is 7.47. The highest BCUT2D eigenvalue weighted by atomic mass is 28.3. The lowest BCUT2D eigenvalue weighted by Gasteiger charge is -2.32. The molecule has 2 aromatic rings. The van der Waals surface area contributed by atoms with Gasteiger partial charge in [0.05, 0.1) is 11.2 Å². The van der Waals surface area contributed by atoms with Crippen molar-refractivity contribution >= 4 is 31.3 Å². The number of benzene rings is 2. The predicted molar refractivity (Wildman–Crippen MR) is 119 cm³/mol. The first-order valence-corrected chi connectivity index (χ1v) is 12.3. The summed E-state index contributed by atoms with van der Waals surface area (Å²) in [6.07, 6.45) is 0. The van der Waals surface area contributed by atoms with Gasteiger partial charge >= 0.3 is 7.12 Å². The van der Waals surface area contributed by atoms with Crippen molar-refractivity contribution in [3.8, 4) is 0 Å². The van der Waals surface area contributed by atoms with Crippen molar-refractivity contribution in [2.45, 2.75) is 52.4 Å². The Balaban J connectivity index is 2.15. The van der Waals surface area contributed by atoms with E-state index in [1.165, 1.54) is 10.4 Å². The molecular weight excluding hydrogens is 363 g/mol. The van der Waals surface area contributed by atoms with Gasteiger partial charge in [0.15, 0.2) is 5.78 Å². The molecule has 0 aromatic heterocycles. The summed E-state index contributed by atoms with van der Waals surface area (Å²) in [6, 6.07) is 20.7. The molecule has 1 aliphatic rings. The van der Waals surface area contributed by atoms with Crippen molar-refractivity contribution in [1.29, 1.82) is 0 Å². The molecule has 28 heavy (non-hydrogen) atoms. The second-order valence-corrected chi connectivity index (χ2v) is 12.6. The van der Waals surface area contributed by atoms with Crippen LogP contribution in [0.5, 0.6) is 0 Å². The third kappa shape index (κ3) is 3.67. The maximum Gasteiger partial charge on any atom is 0.487 e. The van der Waals surface area contributed by atoms with E-state index in [4.69, 9.17) is 9.31 Å². The number of carbonyl (C=O) groups excluding carboxylic acids is 1. The Bertz CT molecular complexity index is 820. The standard InChI is InChI=1S/C23H29BO3Si/c1-18(25)21(17-24-26-22(2,3)23(4,5)27-24)28(6,19-13-9-7-10-14-19)20-15-11-8-12-16-20/h7-17H,1-6H3/b21-17-. The number of carbonyl (C=O) groups is 1. The molecule has 0 aliphatic carbocycles. The van der Waals surface area contributed by atoms with Gasteiger partial charge in [-0.25, -0.2) is 0 Å². The molecule has 1 saturated heterocycles. The van der Waals surface area contributed by atoms with E-state index < -0.39 is 26.4 Å². The fourth-order valence-electron chi connectivity index (χ4n) is 3.75. The normalized spacial score (nSPS) is 18.9. The summed E-state index contributed by atoms with van der Waals surface area (Å²) in [4.78, 5) is 12.9. The van der Waals surface area contributed by atoms with Crippen LogP contribution < -0.4 is 10.4 Å². The van der Waals surface area contributed by atoms with E-state index in [1.807, 2.05) is 70.1 Å². The van der Waals surface area contributed by atoms with Crippen molar-refractivity contribution < 1.29 is 14.1 Å². The third-order valence-electron chi connectivity index (χ3n) is 6.19. The van der Waals surface area contributed by atoms with E-state index >= 15 is 0 Å². The van der Waals surface area contributed by atoms with Crippen LogP contribution in [0.2, 0.25) is 6.55 Å². The molecule has 0 spiro atoms. The largest absolute Gasteiger partial charge is 0.487 e. The molecule has 0 amide bonds. The van der Waals surface area contributed by atoms with Crippen LogP contribution in [-0.4, -0.2) is 32.2 Å². The molecule has 5 heteroatoms. The van der Waals surface area contributed by atoms with E-state index in [0.717, 1.165) is 5.20 Å². The molecule has 0 N–H and O–H groups in total. The summed E-state index contributed by atoms with van der Waals surface area (Å²) in [5.41, 5.74) is -0.874. The van der Waals surface area contributed by atoms with Crippen LogP contribution >= 0.6 is 0 Å². The lowest BCUT2D eigenvalue weighted by Crippen LogP contribution is -2.59. The molecule has 1 fully saturated rings. The van der Waals surface area contributed by atoms with Crippen LogP contribution in [0.25, 0.3) is 0 Å². The van der Waals surface area contributed by atoms with E-state index in [2.05, 4.69) is 30.8 Å². The number of hydrogen-bond acceptors (Lipinski definition) is 3. The van der Waals surface area contributed by atoms with Gasteiger partial charge in [0.25, 0.3) is 0 Å². The second-order valence-electron chi connectivity index (χ2n) is 8.62. The van der Waals surface area contributed by atoms with Gasteiger partial charge in [0.2, 0.25) is 0 Å². The maximum absolute atomic E-state index is 12.9. The first-order valence-electron chi connectivity index (χ1n) is 9.78. The lowest BCUT2D eigenvalue weighted by atomic mass is 9.89. The molecule has 0 saturated carbocycles. The van der Waals surface area contributed by atoms with Gasteiger partial charge < -0.3 is 9.31 Å². The van der Waals surface area contributed by atoms with Crippen LogP contribution in [0.3, 0.4) is 0 Å². The van der Waals surface area contributed by atoms with E-state index in [0.29, 0.717) is 0 Å². The monoisotopic (exact) mass is 392 g/mol. The number of ketones is 1. The van der Waals surface area contributed by atoms with Crippen molar-refractivity contribution in [3.05, 3.63) is 71.8 Å². The van der Waals surface area contributed by atoms with Crippen LogP contribution in [-0.2, 0) is 14.1 Å². The number of rotatable bonds is 5. The highest BCUT2D eigenvalue weighted by Crippen LogP contribution is 2.37. The van der Waals surface area contributed by atoms with Crippen molar-refractivity contribution in [2.24, 2.45) is 0 Å². The zero-order valence-electron chi connectivity index (χ0n) is 17.7. The minimum absolute atomic E-state index is 0.0663. The van der Waals surface area contributed by atoms with Gasteiger partial charge in [-0.05, 0) is 50.2 Å². The van der Waals surface area contributed by atoms with Crippen LogP contribution in [0, 0.1) is 0 Å². The Morgan fingerprint density at radius 2 is 1.25 bits per heavy atom. The van der Waals surface area contributed by atoms with Gasteiger partial charge in [-0.3, -0.25) is 4.79 Å². The number of Topliss-reactive ketones (excluding diaryl/α,β-unsaturated/α-hetero) is 1. The van der Waals surface area contributed by atoms with Gasteiger partial charge in [-0.2, -0.15) is 0 Å². The zero-order chi connectivity index (χ0) is 20.6. The van der Waals surface area contributed by atoms with E-state index in [1.54, 1.807) is 6.92 Å². The van der Waals surface area contributed by atoms with E-state index in [9.17, 15) is 4.79 Å². The topological polar surface area (TPSA) is 35.5 Å². The Morgan fingerprint density at radius 1 is 0.857 bits per heavy atom. The van der Waals surface area contributed by atoms with Crippen molar-refractivity contribution in [3.63, 3.8) is 0 Å². The number of hydrogen-bond donors (Lipinski definition) is 0. The third-order valence-corrected chi connectivity index (χ3v) is 10.8. The van der Waals surface area contributed by atoms with E-state index in [-0.39, 0.29) is 5.78 Å². The fourth-order valence-corrected chi connectivity index (χ4v) is 7.60. The van der Waals surface area contributed by atoms with Gasteiger partial charge in [-0.15, -0.1) is 0 Å². The zero-order valence-corrected chi connectivity index (χ0v) is 18.7. The predicted octanol–water partition coefficient (Wildman–Crippen LogP) is 3.57. The molecule has 2 aromatic carbocycles. The summed E-state index contributed by atoms with van der Waals surface area (Å²) < 4.78 is 12.4. The summed E-state index contributed by atoms with van der Waals surface area (Å²) in [5, 5.41) is 3.20. The molecule has 0 bridgehead atoms. The van der Waals surface area contributed by atoms with Crippen molar-refractivity contribution in [2.75, 3.05) is 0 Å². The first kappa shape index (κ1) is 20.8. The van der Waals surface area contributed by atoms with Crippen molar-refractivity contribution in [1.82, 2.24) is 0 Å². The molecule has 1 heterocycles. The summed E-state index contributed by atoms with van der Waals surface area (Å²) in [6.45, 7) is 12.0. The summed E-state index contributed by atoms with van der Waals surface area (Å²) in [7, 11) is -3.04. The highest BCUT2D eigenvalue weighted by molar-refractivity contribution is 7.09. The van der Waals surface area contributed by atoms with Crippen LogP contribution in [0.4, 0.5) is 0 Å². The van der Waals surface area contributed by atoms with Gasteiger partial charge in [0, 0.05) is 0 Å². The average Bonchev–Trinajstić information content (AvgIpc) is 2.87. The Hall–Kier alpha value is -1.95. The van der Waals surface area contributed by atoms with Gasteiger partial charge in [-0.1, -0.05) is 73.2 Å². The molecule has 0 radical (unpaired) electrons. The quantitative estimate of drug-likeness (QED) is 0.577. The number of allylic oxidation sites excluding steroid dienone is 1. The smallest absolute Gasteiger partial charge is 0.400 e. The van der Waals surface area contributed by atoms with Gasteiger partial charge in [0.1, 0.15) is 8.07 Å². The Labute approximate surface area is 169 Å². The van der Waals surface area contributed by atoms with Crippen LogP contribution in [0.1, 0.15) is 34.6 Å². The Kier molecular flexibility index (Phi) is 5.54. The Morgan fingerprint density at radius 3 is 1.61 bits per heavy atom. The lowest BCUT2D eigenvalue weighted by molar-refractivity contribution is -0.113. The molecular formula is C23H29BO3Si. The SMILES string of the molecule is CC(=O)/C(=C/B1OC(C)(C)C(C)(C)O1)[Si](C)(c1ccccc1)c1ccccc1. The average molecular weight is 392 g/mol. The molecule has 0 unspecified atom stereocenters. The van der Waals surface area contributed by atoms with Crippen LogP contribution in [0.15, 0.2) is 71.8 Å². The molecule has 3 rings (SSSR count). The molecule has 1 aliphatic heterocycles. The minimum Gasteiger partial charge on any atom is -0.400 e. The fraction of sp³-hybridized carbons (Fsp3) is 0.348.